The monoisotopic (exact) mass is 273 g/mol. The van der Waals surface area contributed by atoms with Crippen LogP contribution in [0.1, 0.15) is 24.3 Å². The molecular formula is C15H19N3O2. The van der Waals surface area contributed by atoms with Crippen LogP contribution < -0.4 is 0 Å². The van der Waals surface area contributed by atoms with E-state index in [1.54, 1.807) is 0 Å². The van der Waals surface area contributed by atoms with E-state index in [2.05, 4.69) is 15.1 Å². The topological polar surface area (TPSA) is 62.4 Å². The Hall–Kier alpha value is -1.72. The third-order valence-electron chi connectivity index (χ3n) is 3.60. The number of benzene rings is 1. The zero-order chi connectivity index (χ0) is 13.9. The molecule has 3 rings (SSSR count). The van der Waals surface area contributed by atoms with Crippen LogP contribution in [0.5, 0.6) is 0 Å². The average Bonchev–Trinajstić information content (AvgIpc) is 2.88. The van der Waals surface area contributed by atoms with Gasteiger partial charge < -0.3 is 9.52 Å². The molecule has 1 aromatic heterocycles. The molecule has 1 atom stereocenters. The Balaban J connectivity index is 1.69. The number of hydrogen-bond acceptors (Lipinski definition) is 5. The van der Waals surface area contributed by atoms with E-state index >= 15 is 0 Å². The first-order chi connectivity index (χ1) is 9.70. The Morgan fingerprint density at radius 1 is 1.30 bits per heavy atom. The Labute approximate surface area is 118 Å². The Morgan fingerprint density at radius 3 is 2.85 bits per heavy atom. The van der Waals surface area contributed by atoms with Crippen LogP contribution in [-0.2, 0) is 6.54 Å². The van der Waals surface area contributed by atoms with Crippen LogP contribution in [0.3, 0.4) is 0 Å². The van der Waals surface area contributed by atoms with E-state index < -0.39 is 0 Å². The van der Waals surface area contributed by atoms with Crippen LogP contribution in [-0.4, -0.2) is 39.4 Å². The highest BCUT2D eigenvalue weighted by molar-refractivity contribution is 5.52. The average molecular weight is 273 g/mol. The summed E-state index contributed by atoms with van der Waals surface area (Å²) in [6.07, 6.45) is 1.66. The van der Waals surface area contributed by atoms with Gasteiger partial charge >= 0.3 is 0 Å². The molecule has 0 bridgehead atoms. The quantitative estimate of drug-likeness (QED) is 0.926. The highest BCUT2D eigenvalue weighted by Crippen LogP contribution is 2.19. The second-order valence-corrected chi connectivity index (χ2v) is 5.40. The highest BCUT2D eigenvalue weighted by Gasteiger charge is 2.20. The summed E-state index contributed by atoms with van der Waals surface area (Å²) >= 11 is 0. The zero-order valence-corrected chi connectivity index (χ0v) is 11.6. The number of β-amino-alcohol motifs (C(OH)–C–C–N with tert-alkyl or cyclic N) is 1. The molecule has 5 heteroatoms. The molecule has 2 heterocycles. The van der Waals surface area contributed by atoms with Crippen molar-refractivity contribution in [2.75, 3.05) is 13.1 Å². The van der Waals surface area contributed by atoms with Gasteiger partial charge in [0.2, 0.25) is 11.8 Å². The van der Waals surface area contributed by atoms with Crippen molar-refractivity contribution in [2.24, 2.45) is 0 Å². The minimum absolute atomic E-state index is 0.233. The van der Waals surface area contributed by atoms with E-state index in [1.807, 2.05) is 31.2 Å². The normalized spacial score (nSPS) is 20.2. The Kier molecular flexibility index (Phi) is 3.80. The smallest absolute Gasteiger partial charge is 0.247 e. The summed E-state index contributed by atoms with van der Waals surface area (Å²) in [5.41, 5.74) is 2.14. The van der Waals surface area contributed by atoms with Gasteiger partial charge in [-0.15, -0.1) is 10.2 Å². The summed E-state index contributed by atoms with van der Waals surface area (Å²) in [6, 6.07) is 8.02. The maximum Gasteiger partial charge on any atom is 0.247 e. The number of piperidine rings is 1. The van der Waals surface area contributed by atoms with Crippen molar-refractivity contribution >= 4 is 0 Å². The van der Waals surface area contributed by atoms with Crippen molar-refractivity contribution in [2.45, 2.75) is 32.4 Å². The van der Waals surface area contributed by atoms with Crippen molar-refractivity contribution < 1.29 is 9.52 Å². The van der Waals surface area contributed by atoms with Gasteiger partial charge in [-0.2, -0.15) is 0 Å². The van der Waals surface area contributed by atoms with Gasteiger partial charge in [0.15, 0.2) is 0 Å². The molecule has 106 valence electrons. The summed E-state index contributed by atoms with van der Waals surface area (Å²) in [4.78, 5) is 2.15. The third kappa shape index (κ3) is 3.05. The number of aliphatic hydroxyl groups is 1. The molecular weight excluding hydrogens is 254 g/mol. The fourth-order valence-electron chi connectivity index (χ4n) is 2.50. The van der Waals surface area contributed by atoms with Crippen LogP contribution in [0.2, 0.25) is 0 Å². The lowest BCUT2D eigenvalue weighted by Crippen LogP contribution is -2.37. The van der Waals surface area contributed by atoms with E-state index in [0.717, 1.165) is 24.9 Å². The van der Waals surface area contributed by atoms with Crippen molar-refractivity contribution in [1.29, 1.82) is 0 Å². The molecule has 0 radical (unpaired) electrons. The van der Waals surface area contributed by atoms with Crippen LogP contribution in [0.4, 0.5) is 0 Å². The molecule has 5 nitrogen and oxygen atoms in total. The van der Waals surface area contributed by atoms with Crippen molar-refractivity contribution in [3.8, 4) is 11.5 Å². The number of aryl methyl sites for hydroxylation is 1. The van der Waals surface area contributed by atoms with Gasteiger partial charge in [-0.05, 0) is 38.4 Å². The van der Waals surface area contributed by atoms with Gasteiger partial charge in [0.1, 0.15) is 0 Å². The lowest BCUT2D eigenvalue weighted by atomic mass is 10.1. The summed E-state index contributed by atoms with van der Waals surface area (Å²) in [7, 11) is 0. The number of aliphatic hydroxyl groups excluding tert-OH is 1. The largest absolute Gasteiger partial charge is 0.419 e. The molecule has 1 N–H and O–H groups in total. The molecule has 1 fully saturated rings. The van der Waals surface area contributed by atoms with Gasteiger partial charge in [-0.25, -0.2) is 0 Å². The standard InChI is InChI=1S/C15H19N3O2/c1-11-4-6-12(7-5-11)15-17-16-14(20-15)10-18-8-2-3-13(19)9-18/h4-7,13,19H,2-3,8-10H2,1H3. The third-order valence-corrected chi connectivity index (χ3v) is 3.60. The fraction of sp³-hybridized carbons (Fsp3) is 0.467. The molecule has 1 saturated heterocycles. The van der Waals surface area contributed by atoms with Crippen LogP contribution in [0.15, 0.2) is 28.7 Å². The number of nitrogens with zero attached hydrogens (tertiary/aromatic N) is 3. The van der Waals surface area contributed by atoms with E-state index in [0.29, 0.717) is 24.9 Å². The maximum atomic E-state index is 9.66. The molecule has 0 amide bonds. The second-order valence-electron chi connectivity index (χ2n) is 5.40. The highest BCUT2D eigenvalue weighted by atomic mass is 16.4. The first-order valence-electron chi connectivity index (χ1n) is 7.00. The lowest BCUT2D eigenvalue weighted by molar-refractivity contribution is 0.0625. The van der Waals surface area contributed by atoms with E-state index in [9.17, 15) is 5.11 Å². The molecule has 20 heavy (non-hydrogen) atoms. The van der Waals surface area contributed by atoms with Gasteiger partial charge in [0.25, 0.3) is 0 Å². The van der Waals surface area contributed by atoms with Crippen LogP contribution in [0, 0.1) is 6.92 Å². The summed E-state index contributed by atoms with van der Waals surface area (Å²) in [5, 5.41) is 17.8. The Bertz CT molecular complexity index is 565. The fourth-order valence-corrected chi connectivity index (χ4v) is 2.50. The van der Waals surface area contributed by atoms with Crippen LogP contribution >= 0.6 is 0 Å². The SMILES string of the molecule is Cc1ccc(-c2nnc(CN3CCCC(O)C3)o2)cc1. The summed E-state index contributed by atoms with van der Waals surface area (Å²) < 4.78 is 5.70. The van der Waals surface area contributed by atoms with Crippen LogP contribution in [0.25, 0.3) is 11.5 Å². The number of rotatable bonds is 3. The number of hydrogen-bond donors (Lipinski definition) is 1. The summed E-state index contributed by atoms with van der Waals surface area (Å²) in [6.45, 7) is 4.31. The number of aromatic nitrogens is 2. The molecule has 1 aliphatic heterocycles. The lowest BCUT2D eigenvalue weighted by Gasteiger charge is -2.28. The first-order valence-corrected chi connectivity index (χ1v) is 7.00. The molecule has 0 spiro atoms. The van der Waals surface area contributed by atoms with E-state index in [-0.39, 0.29) is 6.10 Å². The minimum atomic E-state index is -0.233. The van der Waals surface area contributed by atoms with Crippen molar-refractivity contribution in [3.05, 3.63) is 35.7 Å². The molecule has 2 aromatic rings. The zero-order valence-electron chi connectivity index (χ0n) is 11.6. The minimum Gasteiger partial charge on any atom is -0.419 e. The molecule has 1 aromatic carbocycles. The van der Waals surface area contributed by atoms with E-state index in [4.69, 9.17) is 4.42 Å². The first kappa shape index (κ1) is 13.3. The predicted octanol–water partition coefficient (Wildman–Crippen LogP) is 2.00. The van der Waals surface area contributed by atoms with Crippen molar-refractivity contribution in [1.82, 2.24) is 15.1 Å². The molecule has 0 saturated carbocycles. The molecule has 0 aliphatic carbocycles. The van der Waals surface area contributed by atoms with Gasteiger partial charge in [-0.1, -0.05) is 17.7 Å². The predicted molar refractivity (Wildman–Crippen MR) is 75.0 cm³/mol. The summed E-state index contributed by atoms with van der Waals surface area (Å²) in [5.74, 6) is 1.16. The van der Waals surface area contributed by atoms with Gasteiger partial charge in [0.05, 0.1) is 12.6 Å². The van der Waals surface area contributed by atoms with Gasteiger partial charge in [0, 0.05) is 12.1 Å². The molecule has 1 aliphatic rings. The van der Waals surface area contributed by atoms with E-state index in [1.165, 1.54) is 5.56 Å². The second kappa shape index (κ2) is 5.73. The van der Waals surface area contributed by atoms with Gasteiger partial charge in [-0.3, -0.25) is 4.90 Å². The maximum absolute atomic E-state index is 9.66. The number of likely N-dealkylation sites (tertiary alicyclic amines) is 1. The van der Waals surface area contributed by atoms with Crippen molar-refractivity contribution in [3.63, 3.8) is 0 Å². The Morgan fingerprint density at radius 2 is 2.10 bits per heavy atom. The molecule has 1 unspecified atom stereocenters.